The van der Waals surface area contributed by atoms with E-state index in [2.05, 4.69) is 11.9 Å². The number of ether oxygens (including phenoxy) is 1. The average molecular weight is 307 g/mol. The number of hydrogen-bond acceptors (Lipinski definition) is 3. The van der Waals surface area contributed by atoms with Gasteiger partial charge in [0, 0.05) is 17.1 Å². The van der Waals surface area contributed by atoms with E-state index >= 15 is 0 Å². The van der Waals surface area contributed by atoms with Crippen LogP contribution in [0.4, 0.5) is 4.79 Å². The van der Waals surface area contributed by atoms with Gasteiger partial charge >= 0.3 is 6.03 Å². The van der Waals surface area contributed by atoms with Gasteiger partial charge in [0.05, 0.1) is 6.61 Å². The molecule has 1 fully saturated rings. The molecule has 1 aliphatic heterocycles. The highest BCUT2D eigenvalue weighted by molar-refractivity contribution is 6.30. The van der Waals surface area contributed by atoms with E-state index in [0.29, 0.717) is 22.9 Å². The molecule has 1 heterocycles. The zero-order valence-electron chi connectivity index (χ0n) is 11.6. The van der Waals surface area contributed by atoms with Gasteiger partial charge in [0.25, 0.3) is 5.91 Å². The Hall–Kier alpha value is -2.27. The Balaban J connectivity index is 2.36. The van der Waals surface area contributed by atoms with Crippen LogP contribution in [0, 0.1) is 0 Å². The van der Waals surface area contributed by atoms with Gasteiger partial charge < -0.3 is 10.1 Å². The first kappa shape index (κ1) is 15.1. The fraction of sp³-hybridized carbons (Fsp3) is 0.200. The van der Waals surface area contributed by atoms with Gasteiger partial charge in [-0.1, -0.05) is 17.7 Å². The Kier molecular flexibility index (Phi) is 4.65. The van der Waals surface area contributed by atoms with Crippen LogP contribution < -0.4 is 10.1 Å². The molecule has 1 aromatic rings. The molecule has 0 aliphatic carbocycles. The second-order valence-corrected chi connectivity index (χ2v) is 4.74. The van der Waals surface area contributed by atoms with E-state index < -0.39 is 11.9 Å². The van der Waals surface area contributed by atoms with Crippen LogP contribution in [0.25, 0.3) is 6.08 Å². The largest absolute Gasteiger partial charge is 0.493 e. The molecule has 1 N–H and O–H groups in total. The molecule has 21 heavy (non-hydrogen) atoms. The molecule has 0 unspecified atom stereocenters. The summed E-state index contributed by atoms with van der Waals surface area (Å²) in [6, 6.07) is 4.63. The zero-order chi connectivity index (χ0) is 15.4. The van der Waals surface area contributed by atoms with Crippen LogP contribution in [0.15, 0.2) is 36.6 Å². The Morgan fingerprint density at radius 2 is 2.19 bits per heavy atom. The van der Waals surface area contributed by atoms with Crippen LogP contribution in [-0.4, -0.2) is 30.0 Å². The van der Waals surface area contributed by atoms with E-state index in [0.717, 1.165) is 4.90 Å². The molecule has 0 saturated carbocycles. The van der Waals surface area contributed by atoms with Crippen LogP contribution in [-0.2, 0) is 4.79 Å². The highest BCUT2D eigenvalue weighted by Crippen LogP contribution is 2.26. The first-order chi connectivity index (χ1) is 10.1. The molecule has 0 atom stereocenters. The molecule has 1 aromatic carbocycles. The summed E-state index contributed by atoms with van der Waals surface area (Å²) in [7, 11) is 0. The van der Waals surface area contributed by atoms with Gasteiger partial charge in [0.15, 0.2) is 0 Å². The second-order valence-electron chi connectivity index (χ2n) is 4.31. The maximum atomic E-state index is 12.1. The van der Waals surface area contributed by atoms with E-state index in [4.69, 9.17) is 16.3 Å². The molecule has 0 bridgehead atoms. The highest BCUT2D eigenvalue weighted by atomic mass is 35.5. The van der Waals surface area contributed by atoms with Crippen molar-refractivity contribution in [1.29, 1.82) is 0 Å². The summed E-state index contributed by atoms with van der Waals surface area (Å²) >= 11 is 5.97. The molecule has 110 valence electrons. The summed E-state index contributed by atoms with van der Waals surface area (Å²) in [5.41, 5.74) is 0.818. The first-order valence-corrected chi connectivity index (χ1v) is 6.82. The number of nitrogens with one attached hydrogen (secondary N) is 1. The van der Waals surface area contributed by atoms with Crippen LogP contribution >= 0.6 is 11.6 Å². The number of rotatable bonds is 5. The molecule has 1 saturated heterocycles. The minimum atomic E-state index is -0.467. The summed E-state index contributed by atoms with van der Waals surface area (Å²) in [5, 5.41) is 3.05. The second kappa shape index (κ2) is 6.45. The maximum absolute atomic E-state index is 12.1. The van der Waals surface area contributed by atoms with Gasteiger partial charge in [-0.3, -0.25) is 9.69 Å². The van der Waals surface area contributed by atoms with Gasteiger partial charge in [-0.05, 0) is 31.2 Å². The number of imide groups is 1. The molecule has 1 aliphatic rings. The number of halogens is 1. The summed E-state index contributed by atoms with van der Waals surface area (Å²) < 4.78 is 5.48. The van der Waals surface area contributed by atoms with Gasteiger partial charge in [-0.25, -0.2) is 4.79 Å². The van der Waals surface area contributed by atoms with Crippen molar-refractivity contribution in [1.82, 2.24) is 10.2 Å². The Morgan fingerprint density at radius 1 is 1.43 bits per heavy atom. The minimum absolute atomic E-state index is 0.163. The van der Waals surface area contributed by atoms with E-state index in [-0.39, 0.29) is 12.2 Å². The van der Waals surface area contributed by atoms with E-state index in [1.54, 1.807) is 24.3 Å². The van der Waals surface area contributed by atoms with Crippen LogP contribution in [0.3, 0.4) is 0 Å². The number of nitrogens with zero attached hydrogens (tertiary/aromatic N) is 1. The normalized spacial score (nSPS) is 16.3. The smallest absolute Gasteiger partial charge is 0.329 e. The van der Waals surface area contributed by atoms with E-state index in [1.165, 1.54) is 6.08 Å². The fourth-order valence-corrected chi connectivity index (χ4v) is 2.12. The lowest BCUT2D eigenvalue weighted by molar-refractivity contribution is -0.122. The van der Waals surface area contributed by atoms with Crippen molar-refractivity contribution < 1.29 is 14.3 Å². The standard InChI is InChI=1S/C15H15ClN2O3/c1-3-7-18-14(19)12(17-15(18)20)9-10-8-11(16)5-6-13(10)21-4-2/h3,5-6,8-9H,1,4,7H2,2H3,(H,17,20)/b12-9-. The Bertz CT molecular complexity index is 625. The van der Waals surface area contributed by atoms with Crippen molar-refractivity contribution in [3.05, 3.63) is 47.1 Å². The first-order valence-electron chi connectivity index (χ1n) is 6.44. The third-order valence-electron chi connectivity index (χ3n) is 2.85. The molecule has 0 aromatic heterocycles. The minimum Gasteiger partial charge on any atom is -0.493 e. The summed E-state index contributed by atoms with van der Waals surface area (Å²) in [6.07, 6.45) is 3.05. The summed E-state index contributed by atoms with van der Waals surface area (Å²) in [6.45, 7) is 6.03. The fourth-order valence-electron chi connectivity index (χ4n) is 1.94. The van der Waals surface area contributed by atoms with Crippen molar-refractivity contribution in [2.24, 2.45) is 0 Å². The maximum Gasteiger partial charge on any atom is 0.329 e. The molecule has 5 nitrogen and oxygen atoms in total. The van der Waals surface area contributed by atoms with Gasteiger partial charge in [0.1, 0.15) is 11.4 Å². The predicted molar refractivity (Wildman–Crippen MR) is 81.0 cm³/mol. The van der Waals surface area contributed by atoms with Crippen LogP contribution in [0.5, 0.6) is 5.75 Å². The number of amides is 3. The highest BCUT2D eigenvalue weighted by Gasteiger charge is 2.32. The third-order valence-corrected chi connectivity index (χ3v) is 3.08. The molecule has 0 spiro atoms. The van der Waals surface area contributed by atoms with E-state index in [1.807, 2.05) is 6.92 Å². The lowest BCUT2D eigenvalue weighted by Gasteiger charge is -2.08. The average Bonchev–Trinajstić information content (AvgIpc) is 2.70. The number of carbonyl (C=O) groups excluding carboxylic acids is 2. The Labute approximate surface area is 127 Å². The SMILES string of the molecule is C=CCN1C(=O)N/C(=C\c2cc(Cl)ccc2OCC)C1=O. The van der Waals surface area contributed by atoms with Crippen molar-refractivity contribution in [2.75, 3.05) is 13.2 Å². The summed E-state index contributed by atoms with van der Waals surface area (Å²) in [5.74, 6) is 0.195. The topological polar surface area (TPSA) is 58.6 Å². The monoisotopic (exact) mass is 306 g/mol. The number of benzene rings is 1. The number of urea groups is 1. The predicted octanol–water partition coefficient (Wildman–Crippen LogP) is 2.82. The van der Waals surface area contributed by atoms with Gasteiger partial charge in [-0.2, -0.15) is 0 Å². The lowest BCUT2D eigenvalue weighted by atomic mass is 10.1. The Morgan fingerprint density at radius 3 is 2.86 bits per heavy atom. The van der Waals surface area contributed by atoms with Crippen molar-refractivity contribution in [3.8, 4) is 5.75 Å². The van der Waals surface area contributed by atoms with Crippen LogP contribution in [0.1, 0.15) is 12.5 Å². The molecule has 2 rings (SSSR count). The van der Waals surface area contributed by atoms with Gasteiger partial charge in [0.2, 0.25) is 0 Å². The molecule has 0 radical (unpaired) electrons. The number of carbonyl (C=O) groups is 2. The number of hydrogen-bond donors (Lipinski definition) is 1. The van der Waals surface area contributed by atoms with Crippen molar-refractivity contribution >= 4 is 29.6 Å². The zero-order valence-corrected chi connectivity index (χ0v) is 12.3. The van der Waals surface area contributed by atoms with Crippen LogP contribution in [0.2, 0.25) is 5.02 Å². The van der Waals surface area contributed by atoms with Crippen molar-refractivity contribution in [3.63, 3.8) is 0 Å². The molecule has 3 amide bonds. The van der Waals surface area contributed by atoms with Crippen molar-refractivity contribution in [2.45, 2.75) is 6.92 Å². The molecular formula is C15H15ClN2O3. The molecular weight excluding hydrogens is 292 g/mol. The van der Waals surface area contributed by atoms with E-state index in [9.17, 15) is 9.59 Å². The quantitative estimate of drug-likeness (QED) is 0.517. The lowest BCUT2D eigenvalue weighted by Crippen LogP contribution is -2.30. The summed E-state index contributed by atoms with van der Waals surface area (Å²) in [4.78, 5) is 24.9. The van der Waals surface area contributed by atoms with Gasteiger partial charge in [-0.15, -0.1) is 6.58 Å². The molecule has 6 heteroatoms. The third kappa shape index (κ3) is 3.25.